The molecule has 0 N–H and O–H groups in total. The van der Waals surface area contributed by atoms with Gasteiger partial charge in [0.2, 0.25) is 5.91 Å². The largest absolute Gasteiger partial charge is 0.497 e. The molecule has 27 heavy (non-hydrogen) atoms. The first-order valence-electron chi connectivity index (χ1n) is 8.59. The molecule has 0 spiro atoms. The lowest BCUT2D eigenvalue weighted by Gasteiger charge is -2.35. The van der Waals surface area contributed by atoms with Gasteiger partial charge in [-0.3, -0.25) is 14.4 Å². The maximum atomic E-state index is 12.6. The second-order valence-corrected chi connectivity index (χ2v) is 6.57. The van der Waals surface area contributed by atoms with Gasteiger partial charge in [0.15, 0.2) is 0 Å². The van der Waals surface area contributed by atoms with Crippen LogP contribution < -0.4 is 9.64 Å². The molecule has 0 saturated carbocycles. The number of methoxy groups -OCH3 is 1. The topological polar surface area (TPSA) is 96.5 Å². The molecule has 2 saturated heterocycles. The Balaban J connectivity index is 1.74. The summed E-state index contributed by atoms with van der Waals surface area (Å²) in [5.74, 6) is -1.85. The van der Waals surface area contributed by atoms with Gasteiger partial charge >= 0.3 is 17.8 Å². The molecule has 144 valence electrons. The fourth-order valence-corrected chi connectivity index (χ4v) is 3.22. The molecule has 2 aliphatic heterocycles. The quantitative estimate of drug-likeness (QED) is 0.566. The van der Waals surface area contributed by atoms with Crippen molar-refractivity contribution in [2.75, 3.05) is 31.6 Å². The standard InChI is InChI=1S/C18H21N3O6/c1-11-8-19(9-12(2)27-11)15(22)10-20-16(23)17(24)21(18(20)25)13-4-6-14(26-3)7-5-13/h4-7,11-12H,8-10H2,1-3H3/t11-,12-/m1/s1. The molecule has 0 unspecified atom stereocenters. The molecule has 1 aromatic rings. The average molecular weight is 375 g/mol. The minimum Gasteiger partial charge on any atom is -0.497 e. The van der Waals surface area contributed by atoms with E-state index in [9.17, 15) is 19.2 Å². The molecule has 0 radical (unpaired) electrons. The summed E-state index contributed by atoms with van der Waals surface area (Å²) < 4.78 is 10.6. The number of hydrogen-bond acceptors (Lipinski definition) is 6. The molecule has 1 aromatic carbocycles. The Morgan fingerprint density at radius 2 is 1.67 bits per heavy atom. The normalized spacial score (nSPS) is 23.2. The predicted octanol–water partition coefficient (Wildman–Crippen LogP) is 0.626. The average Bonchev–Trinajstić information content (AvgIpc) is 2.84. The van der Waals surface area contributed by atoms with Gasteiger partial charge in [-0.25, -0.2) is 14.6 Å². The van der Waals surface area contributed by atoms with E-state index in [1.165, 1.54) is 19.2 Å². The Morgan fingerprint density at radius 3 is 2.22 bits per heavy atom. The zero-order chi connectivity index (χ0) is 19.7. The summed E-state index contributed by atoms with van der Waals surface area (Å²) in [4.78, 5) is 52.7. The summed E-state index contributed by atoms with van der Waals surface area (Å²) in [6, 6.07) is 5.31. The van der Waals surface area contributed by atoms with Crippen molar-refractivity contribution in [3.05, 3.63) is 24.3 Å². The molecule has 2 fully saturated rings. The van der Waals surface area contributed by atoms with Crippen molar-refractivity contribution >= 4 is 29.4 Å². The van der Waals surface area contributed by atoms with E-state index >= 15 is 0 Å². The second kappa shape index (κ2) is 7.36. The zero-order valence-corrected chi connectivity index (χ0v) is 15.4. The van der Waals surface area contributed by atoms with Gasteiger partial charge in [-0.2, -0.15) is 0 Å². The van der Waals surface area contributed by atoms with Gasteiger partial charge in [-0.15, -0.1) is 0 Å². The van der Waals surface area contributed by atoms with Crippen LogP contribution in [0.25, 0.3) is 0 Å². The SMILES string of the molecule is COc1ccc(N2C(=O)C(=O)N(CC(=O)N3C[C@@H](C)O[C@H](C)C3)C2=O)cc1. The number of carbonyl (C=O) groups is 4. The fraction of sp³-hybridized carbons (Fsp3) is 0.444. The minimum atomic E-state index is -1.02. The van der Waals surface area contributed by atoms with E-state index in [0.29, 0.717) is 23.7 Å². The number of imide groups is 2. The van der Waals surface area contributed by atoms with Gasteiger partial charge in [0.05, 0.1) is 25.0 Å². The molecule has 0 bridgehead atoms. The number of rotatable bonds is 4. The van der Waals surface area contributed by atoms with E-state index in [1.807, 2.05) is 13.8 Å². The van der Waals surface area contributed by atoms with E-state index in [2.05, 4.69) is 0 Å². The predicted molar refractivity (Wildman–Crippen MR) is 94.2 cm³/mol. The van der Waals surface area contributed by atoms with E-state index in [1.54, 1.807) is 17.0 Å². The molecule has 0 aliphatic carbocycles. The van der Waals surface area contributed by atoms with Crippen molar-refractivity contribution < 1.29 is 28.7 Å². The van der Waals surface area contributed by atoms with E-state index < -0.39 is 30.3 Å². The van der Waals surface area contributed by atoms with Crippen LogP contribution in [0.3, 0.4) is 0 Å². The van der Waals surface area contributed by atoms with Crippen molar-refractivity contribution in [1.82, 2.24) is 9.80 Å². The highest BCUT2D eigenvalue weighted by atomic mass is 16.5. The second-order valence-electron chi connectivity index (χ2n) is 6.57. The van der Waals surface area contributed by atoms with Crippen molar-refractivity contribution in [3.8, 4) is 5.75 Å². The first-order valence-corrected chi connectivity index (χ1v) is 8.59. The molecule has 2 atom stereocenters. The van der Waals surface area contributed by atoms with Crippen LogP contribution in [0.1, 0.15) is 13.8 Å². The molecule has 0 aromatic heterocycles. The molecule has 5 amide bonds. The third-order valence-electron chi connectivity index (χ3n) is 4.45. The molecular weight excluding hydrogens is 354 g/mol. The third kappa shape index (κ3) is 3.63. The van der Waals surface area contributed by atoms with Gasteiger partial charge in [0, 0.05) is 13.1 Å². The molecular formula is C18H21N3O6. The number of hydrogen-bond donors (Lipinski definition) is 0. The lowest BCUT2D eigenvalue weighted by molar-refractivity contribution is -0.147. The lowest BCUT2D eigenvalue weighted by Crippen LogP contribution is -2.51. The Bertz CT molecular complexity index is 768. The van der Waals surface area contributed by atoms with Gasteiger partial charge in [-0.1, -0.05) is 0 Å². The maximum absolute atomic E-state index is 12.6. The van der Waals surface area contributed by atoms with E-state index in [-0.39, 0.29) is 17.9 Å². The number of amides is 5. The van der Waals surface area contributed by atoms with Crippen LogP contribution >= 0.6 is 0 Å². The van der Waals surface area contributed by atoms with Crippen LogP contribution in [0.4, 0.5) is 10.5 Å². The highest BCUT2D eigenvalue weighted by molar-refractivity contribution is 6.53. The first-order chi connectivity index (χ1) is 12.8. The molecule has 2 aliphatic rings. The summed E-state index contributed by atoms with van der Waals surface area (Å²) in [6.45, 7) is 3.95. The molecule has 9 nitrogen and oxygen atoms in total. The number of ether oxygens (including phenoxy) is 2. The fourth-order valence-electron chi connectivity index (χ4n) is 3.22. The number of benzene rings is 1. The first kappa shape index (κ1) is 18.8. The summed E-state index contributed by atoms with van der Waals surface area (Å²) in [5.41, 5.74) is 0.239. The van der Waals surface area contributed by atoms with Crippen molar-refractivity contribution in [3.63, 3.8) is 0 Å². The van der Waals surface area contributed by atoms with Crippen molar-refractivity contribution in [1.29, 1.82) is 0 Å². The van der Waals surface area contributed by atoms with Gasteiger partial charge in [-0.05, 0) is 38.1 Å². The highest BCUT2D eigenvalue weighted by Gasteiger charge is 2.46. The highest BCUT2D eigenvalue weighted by Crippen LogP contribution is 2.25. The van der Waals surface area contributed by atoms with Crippen LogP contribution in [0.5, 0.6) is 5.75 Å². The lowest BCUT2D eigenvalue weighted by atomic mass is 10.2. The Labute approximate surface area is 156 Å². The summed E-state index contributed by atoms with van der Waals surface area (Å²) >= 11 is 0. The minimum absolute atomic E-state index is 0.139. The zero-order valence-electron chi connectivity index (χ0n) is 15.4. The van der Waals surface area contributed by atoms with Crippen LogP contribution in [0, 0.1) is 0 Å². The number of morpholine rings is 1. The third-order valence-corrected chi connectivity index (χ3v) is 4.45. The van der Waals surface area contributed by atoms with E-state index in [0.717, 1.165) is 4.90 Å². The van der Waals surface area contributed by atoms with Crippen molar-refractivity contribution in [2.45, 2.75) is 26.1 Å². The monoisotopic (exact) mass is 375 g/mol. The van der Waals surface area contributed by atoms with Crippen LogP contribution in [0.2, 0.25) is 0 Å². The Kier molecular flexibility index (Phi) is 5.13. The smallest absolute Gasteiger partial charge is 0.339 e. The molecule has 2 heterocycles. The molecule has 3 rings (SSSR count). The number of urea groups is 1. The Hall–Kier alpha value is -2.94. The van der Waals surface area contributed by atoms with Gasteiger partial charge in [0.1, 0.15) is 12.3 Å². The Morgan fingerprint density at radius 1 is 1.07 bits per heavy atom. The summed E-state index contributed by atoms with van der Waals surface area (Å²) in [7, 11) is 1.49. The van der Waals surface area contributed by atoms with Crippen LogP contribution in [-0.2, 0) is 19.1 Å². The van der Waals surface area contributed by atoms with Crippen LogP contribution in [0.15, 0.2) is 24.3 Å². The molecule has 9 heteroatoms. The van der Waals surface area contributed by atoms with Gasteiger partial charge < -0.3 is 14.4 Å². The van der Waals surface area contributed by atoms with Crippen LogP contribution in [-0.4, -0.2) is 72.5 Å². The summed E-state index contributed by atoms with van der Waals surface area (Å²) in [5, 5.41) is 0. The maximum Gasteiger partial charge on any atom is 0.339 e. The number of carbonyl (C=O) groups excluding carboxylic acids is 4. The van der Waals surface area contributed by atoms with E-state index in [4.69, 9.17) is 9.47 Å². The summed E-state index contributed by atoms with van der Waals surface area (Å²) in [6.07, 6.45) is -0.278. The van der Waals surface area contributed by atoms with Gasteiger partial charge in [0.25, 0.3) is 0 Å². The number of nitrogens with zero attached hydrogens (tertiary/aromatic N) is 3. The van der Waals surface area contributed by atoms with Crippen molar-refractivity contribution in [2.24, 2.45) is 0 Å². The number of anilines is 1.